The Kier molecular flexibility index (Phi) is 7.53. The van der Waals surface area contributed by atoms with Crippen molar-refractivity contribution < 1.29 is 9.59 Å². The summed E-state index contributed by atoms with van der Waals surface area (Å²) in [6.07, 6.45) is 6.36. The molecule has 24 heavy (non-hydrogen) atoms. The first kappa shape index (κ1) is 18.7. The standard InChI is InChI=1S/C18H26ClN3O2/c19-14-8-9-16(21-17(23)7-3-1-2-4-10-20)15(13-14)18(24)22-11-5-6-12-22/h8-9,13H,1-7,10-12,20H2,(H,21,23). The number of nitrogens with zero attached hydrogens (tertiary/aromatic N) is 1. The monoisotopic (exact) mass is 351 g/mol. The molecule has 0 aromatic heterocycles. The lowest BCUT2D eigenvalue weighted by atomic mass is 10.1. The quantitative estimate of drug-likeness (QED) is 0.704. The number of nitrogens with two attached hydrogens (primary N) is 1. The summed E-state index contributed by atoms with van der Waals surface area (Å²) in [5.41, 5.74) is 6.47. The lowest BCUT2D eigenvalue weighted by Crippen LogP contribution is -2.28. The van der Waals surface area contributed by atoms with Gasteiger partial charge in [0.1, 0.15) is 0 Å². The maximum absolute atomic E-state index is 12.6. The minimum atomic E-state index is -0.0689. The maximum atomic E-state index is 12.6. The Morgan fingerprint density at radius 2 is 1.83 bits per heavy atom. The van der Waals surface area contributed by atoms with E-state index in [9.17, 15) is 9.59 Å². The van der Waals surface area contributed by atoms with E-state index in [0.29, 0.717) is 29.2 Å². The van der Waals surface area contributed by atoms with Gasteiger partial charge in [-0.2, -0.15) is 0 Å². The molecule has 1 fully saturated rings. The van der Waals surface area contributed by atoms with Crippen LogP contribution in [0.3, 0.4) is 0 Å². The van der Waals surface area contributed by atoms with Crippen molar-refractivity contribution in [3.63, 3.8) is 0 Å². The minimum Gasteiger partial charge on any atom is -0.339 e. The van der Waals surface area contributed by atoms with Gasteiger partial charge in [0.25, 0.3) is 5.91 Å². The second kappa shape index (κ2) is 9.64. The van der Waals surface area contributed by atoms with Crippen LogP contribution in [-0.2, 0) is 4.79 Å². The zero-order valence-corrected chi connectivity index (χ0v) is 14.8. The van der Waals surface area contributed by atoms with Gasteiger partial charge in [0, 0.05) is 24.5 Å². The third-order valence-corrected chi connectivity index (χ3v) is 4.47. The third-order valence-electron chi connectivity index (χ3n) is 4.24. The Hall–Kier alpha value is -1.59. The number of rotatable bonds is 8. The molecule has 0 radical (unpaired) electrons. The number of benzene rings is 1. The predicted molar refractivity (Wildman–Crippen MR) is 97.4 cm³/mol. The van der Waals surface area contributed by atoms with E-state index in [-0.39, 0.29) is 11.8 Å². The molecule has 132 valence electrons. The molecule has 2 rings (SSSR count). The summed E-state index contributed by atoms with van der Waals surface area (Å²) in [6.45, 7) is 2.22. The molecule has 1 aliphatic heterocycles. The molecule has 6 heteroatoms. The van der Waals surface area contributed by atoms with E-state index in [4.69, 9.17) is 17.3 Å². The molecule has 0 atom stereocenters. The number of hydrogen-bond acceptors (Lipinski definition) is 3. The molecular weight excluding hydrogens is 326 g/mol. The summed E-state index contributed by atoms with van der Waals surface area (Å²) in [5.74, 6) is -0.131. The van der Waals surface area contributed by atoms with Crippen LogP contribution in [0.1, 0.15) is 55.3 Å². The van der Waals surface area contributed by atoms with Gasteiger partial charge in [-0.3, -0.25) is 9.59 Å². The number of halogens is 1. The van der Waals surface area contributed by atoms with Crippen molar-refractivity contribution in [3.8, 4) is 0 Å². The van der Waals surface area contributed by atoms with Crippen molar-refractivity contribution in [3.05, 3.63) is 28.8 Å². The van der Waals surface area contributed by atoms with Crippen molar-refractivity contribution in [2.24, 2.45) is 5.73 Å². The number of carbonyl (C=O) groups excluding carboxylic acids is 2. The lowest BCUT2D eigenvalue weighted by molar-refractivity contribution is -0.116. The van der Waals surface area contributed by atoms with Gasteiger partial charge in [0.2, 0.25) is 5.91 Å². The van der Waals surface area contributed by atoms with E-state index in [1.807, 2.05) is 4.90 Å². The van der Waals surface area contributed by atoms with Crippen molar-refractivity contribution in [1.29, 1.82) is 0 Å². The molecule has 3 N–H and O–H groups in total. The first-order valence-corrected chi connectivity index (χ1v) is 9.08. The lowest BCUT2D eigenvalue weighted by Gasteiger charge is -2.18. The fourth-order valence-electron chi connectivity index (χ4n) is 2.89. The number of likely N-dealkylation sites (tertiary alicyclic amines) is 1. The van der Waals surface area contributed by atoms with E-state index in [1.54, 1.807) is 18.2 Å². The Balaban J connectivity index is 1.96. The highest BCUT2D eigenvalue weighted by Crippen LogP contribution is 2.24. The molecule has 1 heterocycles. The largest absolute Gasteiger partial charge is 0.339 e. The Labute approximate surface area is 148 Å². The van der Waals surface area contributed by atoms with Crippen LogP contribution < -0.4 is 11.1 Å². The average molecular weight is 352 g/mol. The molecule has 1 aromatic rings. The van der Waals surface area contributed by atoms with E-state index < -0.39 is 0 Å². The fraction of sp³-hybridized carbons (Fsp3) is 0.556. The molecule has 1 aliphatic rings. The van der Waals surface area contributed by atoms with Gasteiger partial charge in [-0.15, -0.1) is 0 Å². The van der Waals surface area contributed by atoms with Crippen molar-refractivity contribution in [2.45, 2.75) is 44.9 Å². The van der Waals surface area contributed by atoms with Gasteiger partial charge in [-0.1, -0.05) is 24.4 Å². The maximum Gasteiger partial charge on any atom is 0.256 e. The van der Waals surface area contributed by atoms with Gasteiger partial charge in [0.15, 0.2) is 0 Å². The molecule has 5 nitrogen and oxygen atoms in total. The second-order valence-electron chi connectivity index (χ2n) is 6.19. The first-order valence-electron chi connectivity index (χ1n) is 8.70. The molecular formula is C18H26ClN3O2. The number of unbranched alkanes of at least 4 members (excludes halogenated alkanes) is 3. The zero-order valence-electron chi connectivity index (χ0n) is 14.0. The Morgan fingerprint density at radius 1 is 1.12 bits per heavy atom. The van der Waals surface area contributed by atoms with E-state index in [0.717, 1.165) is 51.6 Å². The predicted octanol–water partition coefficient (Wildman–Crippen LogP) is 3.42. The zero-order chi connectivity index (χ0) is 17.4. The van der Waals surface area contributed by atoms with Crippen LogP contribution in [0.25, 0.3) is 0 Å². The minimum absolute atomic E-state index is 0.0618. The highest BCUT2D eigenvalue weighted by atomic mass is 35.5. The topological polar surface area (TPSA) is 75.4 Å². The molecule has 0 bridgehead atoms. The number of amides is 2. The Bertz CT molecular complexity index is 571. The molecule has 1 aromatic carbocycles. The number of nitrogens with one attached hydrogen (secondary N) is 1. The molecule has 1 saturated heterocycles. The molecule has 2 amide bonds. The van der Waals surface area contributed by atoms with Crippen LogP contribution in [0.2, 0.25) is 5.02 Å². The van der Waals surface area contributed by atoms with E-state index in [1.165, 1.54) is 0 Å². The van der Waals surface area contributed by atoms with Gasteiger partial charge in [-0.25, -0.2) is 0 Å². The Morgan fingerprint density at radius 3 is 2.54 bits per heavy atom. The van der Waals surface area contributed by atoms with Gasteiger partial charge in [0.05, 0.1) is 11.3 Å². The van der Waals surface area contributed by atoms with Crippen molar-refractivity contribution >= 4 is 29.1 Å². The second-order valence-corrected chi connectivity index (χ2v) is 6.63. The average Bonchev–Trinajstić information content (AvgIpc) is 3.10. The summed E-state index contributed by atoms with van der Waals surface area (Å²) in [4.78, 5) is 26.6. The van der Waals surface area contributed by atoms with E-state index >= 15 is 0 Å². The summed E-state index contributed by atoms with van der Waals surface area (Å²) in [6, 6.07) is 5.04. The fourth-order valence-corrected chi connectivity index (χ4v) is 3.06. The smallest absolute Gasteiger partial charge is 0.256 e. The first-order chi connectivity index (χ1) is 11.6. The molecule has 0 aliphatic carbocycles. The summed E-state index contributed by atoms with van der Waals surface area (Å²) >= 11 is 6.04. The number of hydrogen-bond donors (Lipinski definition) is 2. The van der Waals surface area contributed by atoms with Crippen LogP contribution in [0.15, 0.2) is 18.2 Å². The molecule has 0 unspecified atom stereocenters. The number of anilines is 1. The normalized spacial score (nSPS) is 14.0. The van der Waals surface area contributed by atoms with Gasteiger partial charge >= 0.3 is 0 Å². The van der Waals surface area contributed by atoms with E-state index in [2.05, 4.69) is 5.32 Å². The van der Waals surface area contributed by atoms with Crippen LogP contribution >= 0.6 is 11.6 Å². The molecule has 0 saturated carbocycles. The molecule has 0 spiro atoms. The summed E-state index contributed by atoms with van der Waals surface area (Å²) in [5, 5.41) is 3.36. The van der Waals surface area contributed by atoms with Crippen LogP contribution in [0.4, 0.5) is 5.69 Å². The van der Waals surface area contributed by atoms with Crippen LogP contribution in [-0.4, -0.2) is 36.3 Å². The third kappa shape index (κ3) is 5.49. The highest BCUT2D eigenvalue weighted by molar-refractivity contribution is 6.31. The summed E-state index contributed by atoms with van der Waals surface area (Å²) < 4.78 is 0. The summed E-state index contributed by atoms with van der Waals surface area (Å²) in [7, 11) is 0. The highest BCUT2D eigenvalue weighted by Gasteiger charge is 2.22. The van der Waals surface area contributed by atoms with Gasteiger partial charge < -0.3 is 16.0 Å². The van der Waals surface area contributed by atoms with Gasteiger partial charge in [-0.05, 0) is 50.4 Å². The number of carbonyl (C=O) groups is 2. The SMILES string of the molecule is NCCCCCCC(=O)Nc1ccc(Cl)cc1C(=O)N1CCCC1. The van der Waals surface area contributed by atoms with Crippen LogP contribution in [0, 0.1) is 0 Å². The van der Waals surface area contributed by atoms with Crippen molar-refractivity contribution in [1.82, 2.24) is 4.90 Å². The van der Waals surface area contributed by atoms with Crippen LogP contribution in [0.5, 0.6) is 0 Å². The van der Waals surface area contributed by atoms with Crippen molar-refractivity contribution in [2.75, 3.05) is 25.0 Å².